The smallest absolute Gasteiger partial charge is 0.416 e. The van der Waals surface area contributed by atoms with E-state index in [1.165, 1.54) is 23.9 Å². The van der Waals surface area contributed by atoms with Crippen LogP contribution in [0.15, 0.2) is 113 Å². The Hall–Kier alpha value is -5.44. The summed E-state index contributed by atoms with van der Waals surface area (Å²) in [4.78, 5) is 18.1. The van der Waals surface area contributed by atoms with E-state index in [9.17, 15) is 18.0 Å². The maximum absolute atomic E-state index is 13.6. The molecule has 0 unspecified atom stereocenters. The third-order valence-electron chi connectivity index (χ3n) is 7.61. The Morgan fingerprint density at radius 1 is 0.867 bits per heavy atom. The van der Waals surface area contributed by atoms with Gasteiger partial charge in [0.05, 0.1) is 22.7 Å². The Labute approximate surface area is 257 Å². The molecular weight excluding hydrogens is 577 g/mol. The molecule has 0 atom stereocenters. The fourth-order valence-corrected chi connectivity index (χ4v) is 5.23. The Morgan fingerprint density at radius 3 is 2.33 bits per heavy atom. The number of aryl methyl sites for hydroxylation is 2. The summed E-state index contributed by atoms with van der Waals surface area (Å²) in [6.07, 6.45) is -3.02. The van der Waals surface area contributed by atoms with Gasteiger partial charge < -0.3 is 9.30 Å². The molecule has 4 aromatic carbocycles. The van der Waals surface area contributed by atoms with Gasteiger partial charge in [0, 0.05) is 28.2 Å². The van der Waals surface area contributed by atoms with E-state index in [-0.39, 0.29) is 11.4 Å². The molecule has 226 valence electrons. The van der Waals surface area contributed by atoms with Gasteiger partial charge in [-0.05, 0) is 80.9 Å². The normalized spacial score (nSPS) is 11.9. The Bertz CT molecular complexity index is 2090. The van der Waals surface area contributed by atoms with E-state index in [0.29, 0.717) is 17.5 Å². The SMILES string of the molecule is Cc1ccc(COc2ccc(-n3c(C)cc(C=Nn4c(-c5cccc(C(F)(F)F)c5)nc5ccccc5c4=O)c3C)cc2)cc1. The molecule has 0 aliphatic carbocycles. The number of fused-ring (bicyclic) bond motifs is 1. The Morgan fingerprint density at radius 2 is 1.60 bits per heavy atom. The molecule has 0 N–H and O–H groups in total. The predicted octanol–water partition coefficient (Wildman–Crippen LogP) is 8.26. The molecule has 6 rings (SSSR count). The highest BCUT2D eigenvalue weighted by Crippen LogP contribution is 2.32. The van der Waals surface area contributed by atoms with E-state index in [0.717, 1.165) is 50.8 Å². The lowest BCUT2D eigenvalue weighted by Gasteiger charge is -2.12. The number of ether oxygens (including phenoxy) is 1. The zero-order chi connectivity index (χ0) is 31.7. The van der Waals surface area contributed by atoms with Crippen LogP contribution in [0.3, 0.4) is 0 Å². The zero-order valence-electron chi connectivity index (χ0n) is 24.8. The van der Waals surface area contributed by atoms with Gasteiger partial charge in [-0.3, -0.25) is 4.79 Å². The number of para-hydroxylation sites is 1. The summed E-state index contributed by atoms with van der Waals surface area (Å²) < 4.78 is 49.7. The van der Waals surface area contributed by atoms with E-state index in [1.54, 1.807) is 24.3 Å². The summed E-state index contributed by atoms with van der Waals surface area (Å²) in [6.45, 7) is 6.41. The van der Waals surface area contributed by atoms with Crippen LogP contribution in [0, 0.1) is 20.8 Å². The maximum Gasteiger partial charge on any atom is 0.416 e. The van der Waals surface area contributed by atoms with Gasteiger partial charge in [0.15, 0.2) is 5.82 Å². The van der Waals surface area contributed by atoms with Crippen molar-refractivity contribution in [2.45, 2.75) is 33.6 Å². The van der Waals surface area contributed by atoms with E-state index >= 15 is 0 Å². The number of nitrogens with zero attached hydrogens (tertiary/aromatic N) is 4. The molecule has 0 amide bonds. The number of alkyl halides is 3. The fourth-order valence-electron chi connectivity index (χ4n) is 5.23. The maximum atomic E-state index is 13.6. The van der Waals surface area contributed by atoms with Crippen molar-refractivity contribution < 1.29 is 17.9 Å². The minimum Gasteiger partial charge on any atom is -0.489 e. The van der Waals surface area contributed by atoms with Crippen molar-refractivity contribution in [3.05, 3.63) is 147 Å². The predicted molar refractivity (Wildman–Crippen MR) is 170 cm³/mol. The van der Waals surface area contributed by atoms with Gasteiger partial charge in [0.2, 0.25) is 0 Å². The summed E-state index contributed by atoms with van der Waals surface area (Å²) in [5, 5.41) is 4.78. The van der Waals surface area contributed by atoms with Gasteiger partial charge in [-0.2, -0.15) is 22.9 Å². The molecule has 9 heteroatoms. The molecule has 0 spiro atoms. The van der Waals surface area contributed by atoms with Crippen LogP contribution in [0.4, 0.5) is 13.2 Å². The lowest BCUT2D eigenvalue weighted by atomic mass is 10.1. The molecular formula is C36H29F3N4O2. The summed E-state index contributed by atoms with van der Waals surface area (Å²) in [5.74, 6) is 0.755. The lowest BCUT2D eigenvalue weighted by Crippen LogP contribution is -2.20. The average molecular weight is 607 g/mol. The van der Waals surface area contributed by atoms with Crippen molar-refractivity contribution in [1.82, 2.24) is 14.2 Å². The van der Waals surface area contributed by atoms with Crippen LogP contribution in [0.1, 0.15) is 33.6 Å². The molecule has 0 saturated heterocycles. The van der Waals surface area contributed by atoms with E-state index < -0.39 is 17.3 Å². The average Bonchev–Trinajstić information content (AvgIpc) is 3.32. The van der Waals surface area contributed by atoms with Crippen molar-refractivity contribution in [3.8, 4) is 22.8 Å². The van der Waals surface area contributed by atoms with Crippen molar-refractivity contribution in [1.29, 1.82) is 0 Å². The van der Waals surface area contributed by atoms with Crippen molar-refractivity contribution in [2.24, 2.45) is 5.10 Å². The molecule has 0 aliphatic rings. The highest BCUT2D eigenvalue weighted by molar-refractivity contribution is 5.83. The van der Waals surface area contributed by atoms with Crippen molar-refractivity contribution in [3.63, 3.8) is 0 Å². The van der Waals surface area contributed by atoms with Gasteiger partial charge in [-0.15, -0.1) is 0 Å². The zero-order valence-corrected chi connectivity index (χ0v) is 24.8. The van der Waals surface area contributed by atoms with E-state index in [1.807, 2.05) is 63.2 Å². The lowest BCUT2D eigenvalue weighted by molar-refractivity contribution is -0.137. The van der Waals surface area contributed by atoms with Gasteiger partial charge in [0.25, 0.3) is 5.56 Å². The molecule has 2 heterocycles. The highest BCUT2D eigenvalue weighted by atomic mass is 19.4. The number of hydrogen-bond donors (Lipinski definition) is 0. The number of rotatable bonds is 7. The first-order chi connectivity index (χ1) is 21.6. The second-order valence-corrected chi connectivity index (χ2v) is 10.8. The molecule has 45 heavy (non-hydrogen) atoms. The minimum absolute atomic E-state index is 0.0103. The second-order valence-electron chi connectivity index (χ2n) is 10.8. The molecule has 0 aliphatic heterocycles. The Balaban J connectivity index is 1.33. The van der Waals surface area contributed by atoms with Crippen LogP contribution >= 0.6 is 0 Å². The number of benzene rings is 4. The number of hydrogen-bond acceptors (Lipinski definition) is 4. The van der Waals surface area contributed by atoms with Gasteiger partial charge in [0.1, 0.15) is 12.4 Å². The first kappa shape index (κ1) is 29.6. The quantitative estimate of drug-likeness (QED) is 0.172. The standard InChI is InChI=1S/C36H29F3N4O2/c1-23-11-13-26(14-12-23)22-45-31-17-15-30(16-18-31)42-24(2)19-28(25(42)3)21-40-43-34(27-7-6-8-29(20-27)36(37,38)39)41-33-10-5-4-9-32(33)35(43)44/h4-21H,22H2,1-3H3. The van der Waals surface area contributed by atoms with Crippen LogP contribution < -0.4 is 10.3 Å². The highest BCUT2D eigenvalue weighted by Gasteiger charge is 2.31. The van der Waals surface area contributed by atoms with Crippen LogP contribution in [0.2, 0.25) is 0 Å². The largest absolute Gasteiger partial charge is 0.489 e. The first-order valence-electron chi connectivity index (χ1n) is 14.3. The molecule has 0 radical (unpaired) electrons. The van der Waals surface area contributed by atoms with E-state index in [2.05, 4.69) is 26.8 Å². The third-order valence-corrected chi connectivity index (χ3v) is 7.61. The fraction of sp³-hybridized carbons (Fsp3) is 0.139. The van der Waals surface area contributed by atoms with Crippen LogP contribution in [-0.2, 0) is 12.8 Å². The number of halogens is 3. The van der Waals surface area contributed by atoms with Crippen LogP contribution in [0.25, 0.3) is 28.0 Å². The molecule has 6 nitrogen and oxygen atoms in total. The summed E-state index contributed by atoms with van der Waals surface area (Å²) in [6, 6.07) is 29.3. The van der Waals surface area contributed by atoms with Crippen molar-refractivity contribution >= 4 is 17.1 Å². The molecule has 0 saturated carbocycles. The molecule has 6 aromatic rings. The second kappa shape index (κ2) is 11.9. The Kier molecular flexibility index (Phi) is 7.85. The molecule has 0 fully saturated rings. The summed E-state index contributed by atoms with van der Waals surface area (Å²) in [5.41, 5.74) is 4.91. The first-order valence-corrected chi connectivity index (χ1v) is 14.3. The topological polar surface area (TPSA) is 61.4 Å². The summed E-state index contributed by atoms with van der Waals surface area (Å²) >= 11 is 0. The third kappa shape index (κ3) is 6.15. The van der Waals surface area contributed by atoms with Crippen LogP contribution in [-0.4, -0.2) is 20.4 Å². The summed E-state index contributed by atoms with van der Waals surface area (Å²) in [7, 11) is 0. The van der Waals surface area contributed by atoms with E-state index in [4.69, 9.17) is 4.74 Å². The molecule has 2 aromatic heterocycles. The van der Waals surface area contributed by atoms with Gasteiger partial charge in [-0.25, -0.2) is 4.98 Å². The monoisotopic (exact) mass is 606 g/mol. The van der Waals surface area contributed by atoms with Gasteiger partial charge >= 0.3 is 6.18 Å². The van der Waals surface area contributed by atoms with Gasteiger partial charge in [-0.1, -0.05) is 54.1 Å². The number of aromatic nitrogens is 3. The minimum atomic E-state index is -4.55. The van der Waals surface area contributed by atoms with Crippen molar-refractivity contribution in [2.75, 3.05) is 0 Å². The molecule has 0 bridgehead atoms. The van der Waals surface area contributed by atoms with Crippen LogP contribution in [0.5, 0.6) is 5.75 Å².